The van der Waals surface area contributed by atoms with Crippen LogP contribution >= 0.6 is 0 Å². The maximum absolute atomic E-state index is 5.79. The first-order valence-corrected chi connectivity index (χ1v) is 5.94. The predicted molar refractivity (Wildman–Crippen MR) is 62.9 cm³/mol. The topological polar surface area (TPSA) is 38.0 Å². The second kappa shape index (κ2) is 3.53. The van der Waals surface area contributed by atoms with Gasteiger partial charge in [-0.25, -0.2) is 0 Å². The number of anilines is 1. The summed E-state index contributed by atoms with van der Waals surface area (Å²) in [6.45, 7) is 1.15. The first-order valence-electron chi connectivity index (χ1n) is 5.94. The fourth-order valence-electron chi connectivity index (χ4n) is 2.53. The summed E-state index contributed by atoms with van der Waals surface area (Å²) in [4.78, 5) is 0. The molecular weight excluding hydrogens is 184 g/mol. The van der Waals surface area contributed by atoms with Crippen molar-refractivity contribution in [3.05, 3.63) is 29.3 Å². The number of hydrogen-bond acceptors (Lipinski definition) is 2. The number of nitrogens with two attached hydrogens (primary N) is 1. The zero-order chi connectivity index (χ0) is 10.3. The van der Waals surface area contributed by atoms with Crippen LogP contribution in [-0.2, 0) is 6.42 Å². The molecule has 1 aromatic rings. The van der Waals surface area contributed by atoms with Crippen LogP contribution in [0.1, 0.15) is 36.3 Å². The van der Waals surface area contributed by atoms with Crippen molar-refractivity contribution < 1.29 is 0 Å². The lowest BCUT2D eigenvalue weighted by atomic mass is 10.0. The van der Waals surface area contributed by atoms with Crippen molar-refractivity contribution in [1.82, 2.24) is 5.32 Å². The number of nitrogen functional groups attached to an aromatic ring is 1. The van der Waals surface area contributed by atoms with Crippen LogP contribution in [0.5, 0.6) is 0 Å². The molecular formula is C13H18N2. The maximum atomic E-state index is 5.79. The van der Waals surface area contributed by atoms with Gasteiger partial charge < -0.3 is 11.1 Å². The van der Waals surface area contributed by atoms with Gasteiger partial charge in [-0.1, -0.05) is 6.07 Å². The van der Waals surface area contributed by atoms with E-state index in [1.165, 1.54) is 36.8 Å². The molecule has 0 aromatic heterocycles. The lowest BCUT2D eigenvalue weighted by molar-refractivity contribution is 0.576. The van der Waals surface area contributed by atoms with Gasteiger partial charge in [0.2, 0.25) is 0 Å². The van der Waals surface area contributed by atoms with Crippen molar-refractivity contribution in [2.75, 3.05) is 12.3 Å². The summed E-state index contributed by atoms with van der Waals surface area (Å²) in [5, 5.41) is 3.62. The largest absolute Gasteiger partial charge is 0.399 e. The number of benzene rings is 1. The number of nitrogens with one attached hydrogen (secondary N) is 1. The van der Waals surface area contributed by atoms with E-state index in [0.717, 1.165) is 24.2 Å². The van der Waals surface area contributed by atoms with Gasteiger partial charge in [-0.3, -0.25) is 0 Å². The third-order valence-corrected chi connectivity index (χ3v) is 3.60. The number of fused-ring (bicyclic) bond motifs is 1. The molecule has 3 rings (SSSR count). The van der Waals surface area contributed by atoms with Gasteiger partial charge >= 0.3 is 0 Å². The molecule has 0 amide bonds. The number of hydrogen-bond donors (Lipinski definition) is 2. The van der Waals surface area contributed by atoms with Gasteiger partial charge in [0.1, 0.15) is 0 Å². The molecule has 15 heavy (non-hydrogen) atoms. The van der Waals surface area contributed by atoms with Gasteiger partial charge in [-0.15, -0.1) is 0 Å². The van der Waals surface area contributed by atoms with Crippen LogP contribution in [0.2, 0.25) is 0 Å². The third kappa shape index (κ3) is 1.86. The molecule has 0 aliphatic heterocycles. The quantitative estimate of drug-likeness (QED) is 0.736. The first kappa shape index (κ1) is 9.22. The zero-order valence-electron chi connectivity index (χ0n) is 9.00. The van der Waals surface area contributed by atoms with Crippen LogP contribution in [0.3, 0.4) is 0 Å². The summed E-state index contributed by atoms with van der Waals surface area (Å²) in [6.07, 6.45) is 5.25. The van der Waals surface area contributed by atoms with Crippen LogP contribution in [-0.4, -0.2) is 12.6 Å². The predicted octanol–water partition coefficient (Wildman–Crippen LogP) is 2.05. The monoisotopic (exact) mass is 202 g/mol. The van der Waals surface area contributed by atoms with E-state index in [0.29, 0.717) is 0 Å². The SMILES string of the molecule is Nc1ccc2c(c1)CCC2CNC1CC1. The Bertz CT molecular complexity index is 369. The molecule has 1 aromatic carbocycles. The highest BCUT2D eigenvalue weighted by Gasteiger charge is 2.26. The maximum Gasteiger partial charge on any atom is 0.0316 e. The van der Waals surface area contributed by atoms with Gasteiger partial charge in [0.25, 0.3) is 0 Å². The molecule has 2 aliphatic carbocycles. The molecule has 0 radical (unpaired) electrons. The van der Waals surface area contributed by atoms with Gasteiger partial charge in [-0.2, -0.15) is 0 Å². The zero-order valence-corrected chi connectivity index (χ0v) is 9.00. The minimum absolute atomic E-state index is 0.723. The van der Waals surface area contributed by atoms with Gasteiger partial charge in [-0.05, 0) is 54.9 Å². The smallest absolute Gasteiger partial charge is 0.0316 e. The number of rotatable bonds is 3. The van der Waals surface area contributed by atoms with Crippen molar-refractivity contribution in [1.29, 1.82) is 0 Å². The Balaban J connectivity index is 1.72. The first-order chi connectivity index (χ1) is 7.33. The highest BCUT2D eigenvalue weighted by atomic mass is 14.9. The highest BCUT2D eigenvalue weighted by Crippen LogP contribution is 2.34. The lowest BCUT2D eigenvalue weighted by Crippen LogP contribution is -2.22. The van der Waals surface area contributed by atoms with Crippen molar-refractivity contribution in [2.24, 2.45) is 0 Å². The van der Waals surface area contributed by atoms with E-state index in [9.17, 15) is 0 Å². The fourth-order valence-corrected chi connectivity index (χ4v) is 2.53. The van der Waals surface area contributed by atoms with E-state index in [1.54, 1.807) is 0 Å². The Kier molecular flexibility index (Phi) is 2.17. The van der Waals surface area contributed by atoms with E-state index in [1.807, 2.05) is 6.07 Å². The minimum Gasteiger partial charge on any atom is -0.399 e. The molecule has 2 nitrogen and oxygen atoms in total. The van der Waals surface area contributed by atoms with Crippen LogP contribution < -0.4 is 11.1 Å². The van der Waals surface area contributed by atoms with Crippen LogP contribution in [0.25, 0.3) is 0 Å². The van der Waals surface area contributed by atoms with Crippen molar-refractivity contribution in [2.45, 2.75) is 37.6 Å². The highest BCUT2D eigenvalue weighted by molar-refractivity contribution is 5.48. The van der Waals surface area contributed by atoms with E-state index in [4.69, 9.17) is 5.73 Å². The van der Waals surface area contributed by atoms with Crippen molar-refractivity contribution in [3.63, 3.8) is 0 Å². The molecule has 0 heterocycles. The van der Waals surface area contributed by atoms with E-state index < -0.39 is 0 Å². The molecule has 1 unspecified atom stereocenters. The summed E-state index contributed by atoms with van der Waals surface area (Å²) in [6, 6.07) is 7.22. The lowest BCUT2D eigenvalue weighted by Gasteiger charge is -2.12. The Morgan fingerprint density at radius 1 is 1.27 bits per heavy atom. The molecule has 2 heteroatoms. The van der Waals surface area contributed by atoms with Gasteiger partial charge in [0.15, 0.2) is 0 Å². The summed E-state index contributed by atoms with van der Waals surface area (Å²) in [5.41, 5.74) is 9.70. The molecule has 2 aliphatic rings. The summed E-state index contributed by atoms with van der Waals surface area (Å²) in [5.74, 6) is 0.723. The summed E-state index contributed by atoms with van der Waals surface area (Å²) in [7, 11) is 0. The molecule has 0 spiro atoms. The molecule has 0 bridgehead atoms. The van der Waals surface area contributed by atoms with Crippen LogP contribution in [0, 0.1) is 0 Å². The normalized spacial score (nSPS) is 24.1. The molecule has 1 fully saturated rings. The molecule has 1 saturated carbocycles. The van der Waals surface area contributed by atoms with Crippen LogP contribution in [0.15, 0.2) is 18.2 Å². The second-order valence-electron chi connectivity index (χ2n) is 4.88. The van der Waals surface area contributed by atoms with E-state index >= 15 is 0 Å². The summed E-state index contributed by atoms with van der Waals surface area (Å²) < 4.78 is 0. The standard InChI is InChI=1S/C13H18N2/c14-11-3-6-13-9(7-11)1-2-10(13)8-15-12-4-5-12/h3,6-7,10,12,15H,1-2,4-5,8,14H2. The average molecular weight is 202 g/mol. The van der Waals surface area contributed by atoms with E-state index in [2.05, 4.69) is 17.4 Å². The average Bonchev–Trinajstić information content (AvgIpc) is 2.97. The summed E-state index contributed by atoms with van der Waals surface area (Å²) >= 11 is 0. The van der Waals surface area contributed by atoms with Crippen molar-refractivity contribution >= 4 is 5.69 Å². The Morgan fingerprint density at radius 3 is 2.93 bits per heavy atom. The second-order valence-corrected chi connectivity index (χ2v) is 4.88. The third-order valence-electron chi connectivity index (χ3n) is 3.60. The molecule has 80 valence electrons. The Morgan fingerprint density at radius 2 is 2.13 bits per heavy atom. The number of aryl methyl sites for hydroxylation is 1. The Hall–Kier alpha value is -1.02. The molecule has 0 saturated heterocycles. The minimum atomic E-state index is 0.723. The molecule has 3 N–H and O–H groups in total. The van der Waals surface area contributed by atoms with Gasteiger partial charge in [0.05, 0.1) is 0 Å². The van der Waals surface area contributed by atoms with Gasteiger partial charge in [0, 0.05) is 18.3 Å². The fraction of sp³-hybridized carbons (Fsp3) is 0.538. The van der Waals surface area contributed by atoms with E-state index in [-0.39, 0.29) is 0 Å². The Labute approximate surface area is 90.9 Å². The van der Waals surface area contributed by atoms with Crippen molar-refractivity contribution in [3.8, 4) is 0 Å². The molecule has 1 atom stereocenters. The van der Waals surface area contributed by atoms with Crippen LogP contribution in [0.4, 0.5) is 5.69 Å².